The molecule has 0 bridgehead atoms. The van der Waals surface area contributed by atoms with E-state index in [9.17, 15) is 4.39 Å². The van der Waals surface area contributed by atoms with Crippen molar-refractivity contribution in [1.29, 1.82) is 0 Å². The second-order valence-corrected chi connectivity index (χ2v) is 4.48. The Morgan fingerprint density at radius 2 is 2.05 bits per heavy atom. The molecule has 0 N–H and O–H groups in total. The third kappa shape index (κ3) is 4.40. The second kappa shape index (κ2) is 7.56. The van der Waals surface area contributed by atoms with Crippen LogP contribution in [0.2, 0.25) is 0 Å². The molecular weight excluding hydrogens is 291 g/mol. The van der Waals surface area contributed by atoms with Crippen LogP contribution < -0.4 is 9.47 Å². The Labute approximate surface area is 128 Å². The smallest absolute Gasteiger partial charge is 0.135 e. The maximum atomic E-state index is 13.1. The highest BCUT2D eigenvalue weighted by Crippen LogP contribution is 2.24. The number of halogens is 2. The van der Waals surface area contributed by atoms with Crippen molar-refractivity contribution in [3.8, 4) is 23.3 Å². The molecule has 0 atom stereocenters. The number of ether oxygens (including phenoxy) is 2. The first-order valence-corrected chi connectivity index (χ1v) is 6.86. The van der Waals surface area contributed by atoms with Crippen molar-refractivity contribution >= 4 is 11.6 Å². The molecule has 0 saturated heterocycles. The Morgan fingerprint density at radius 1 is 1.19 bits per heavy atom. The monoisotopic (exact) mass is 304 g/mol. The van der Waals surface area contributed by atoms with Crippen molar-refractivity contribution in [3.63, 3.8) is 0 Å². The fourth-order valence-corrected chi connectivity index (χ4v) is 1.84. The first-order valence-electron chi connectivity index (χ1n) is 6.33. The van der Waals surface area contributed by atoms with Gasteiger partial charge in [-0.2, -0.15) is 0 Å². The van der Waals surface area contributed by atoms with Gasteiger partial charge in [0, 0.05) is 0 Å². The van der Waals surface area contributed by atoms with E-state index in [0.717, 1.165) is 5.56 Å². The van der Waals surface area contributed by atoms with E-state index in [0.29, 0.717) is 17.1 Å². The summed E-state index contributed by atoms with van der Waals surface area (Å²) < 4.78 is 24.0. The molecule has 0 aliphatic carbocycles. The third-order valence-corrected chi connectivity index (χ3v) is 2.89. The van der Waals surface area contributed by atoms with Gasteiger partial charge in [0.15, 0.2) is 0 Å². The molecule has 0 amide bonds. The van der Waals surface area contributed by atoms with Crippen LogP contribution in [0.15, 0.2) is 42.5 Å². The van der Waals surface area contributed by atoms with Crippen LogP contribution in [0.5, 0.6) is 11.5 Å². The zero-order valence-corrected chi connectivity index (χ0v) is 12.3. The maximum absolute atomic E-state index is 13.1. The van der Waals surface area contributed by atoms with Crippen LogP contribution in [0, 0.1) is 17.7 Å². The van der Waals surface area contributed by atoms with Gasteiger partial charge in [0.05, 0.1) is 18.6 Å². The van der Waals surface area contributed by atoms with Gasteiger partial charge in [-0.1, -0.05) is 24.0 Å². The molecule has 2 nitrogen and oxygen atoms in total. The van der Waals surface area contributed by atoms with Crippen LogP contribution in [-0.4, -0.2) is 13.0 Å². The number of alkyl halides is 1. The van der Waals surface area contributed by atoms with E-state index in [4.69, 9.17) is 21.1 Å². The molecule has 0 aliphatic heterocycles. The lowest BCUT2D eigenvalue weighted by Crippen LogP contribution is -1.98. The first kappa shape index (κ1) is 15.2. The van der Waals surface area contributed by atoms with Gasteiger partial charge < -0.3 is 9.47 Å². The highest BCUT2D eigenvalue weighted by Gasteiger charge is 2.05. The number of hydrogen-bond acceptors (Lipinski definition) is 2. The number of rotatable bonds is 4. The lowest BCUT2D eigenvalue weighted by Gasteiger charge is -2.10. The zero-order valence-electron chi connectivity index (χ0n) is 11.5. The van der Waals surface area contributed by atoms with Crippen molar-refractivity contribution in [2.75, 3.05) is 13.0 Å². The topological polar surface area (TPSA) is 18.5 Å². The van der Waals surface area contributed by atoms with Gasteiger partial charge in [-0.25, -0.2) is 4.39 Å². The van der Waals surface area contributed by atoms with Gasteiger partial charge >= 0.3 is 0 Å². The van der Waals surface area contributed by atoms with Crippen LogP contribution in [-0.2, 0) is 6.61 Å². The largest absolute Gasteiger partial charge is 0.497 e. The Hall–Kier alpha value is -2.18. The minimum atomic E-state index is -0.284. The number of benzene rings is 2. The predicted molar refractivity (Wildman–Crippen MR) is 81.3 cm³/mol. The summed E-state index contributed by atoms with van der Waals surface area (Å²) in [5.74, 6) is 6.96. The van der Waals surface area contributed by atoms with Crippen LogP contribution in [0.1, 0.15) is 11.1 Å². The van der Waals surface area contributed by atoms with E-state index in [1.165, 1.54) is 12.1 Å². The lowest BCUT2D eigenvalue weighted by molar-refractivity contribution is 0.304. The quantitative estimate of drug-likeness (QED) is 0.628. The Bertz CT molecular complexity index is 674. The standard InChI is InChI=1S/C17H14ClFO2/c1-20-16-7-8-17(14(11-16)5-3-9-18)21-12-13-4-2-6-15(19)10-13/h2,4,6-8,10-11H,9,12H2,1H3. The molecule has 108 valence electrons. The Kier molecular flexibility index (Phi) is 5.48. The maximum Gasteiger partial charge on any atom is 0.135 e. The van der Waals surface area contributed by atoms with E-state index in [2.05, 4.69) is 11.8 Å². The average Bonchev–Trinajstić information content (AvgIpc) is 2.51. The third-order valence-electron chi connectivity index (χ3n) is 2.76. The molecule has 0 heterocycles. The Morgan fingerprint density at radius 3 is 2.76 bits per heavy atom. The molecule has 0 radical (unpaired) electrons. The molecule has 2 aromatic rings. The van der Waals surface area contributed by atoms with Gasteiger partial charge in [-0.3, -0.25) is 0 Å². The van der Waals surface area contributed by atoms with Crippen molar-refractivity contribution in [2.24, 2.45) is 0 Å². The summed E-state index contributed by atoms with van der Waals surface area (Å²) in [5, 5.41) is 0. The summed E-state index contributed by atoms with van der Waals surface area (Å²) in [6.45, 7) is 0.264. The minimum Gasteiger partial charge on any atom is -0.497 e. The summed E-state index contributed by atoms with van der Waals surface area (Å²) in [6, 6.07) is 11.6. The summed E-state index contributed by atoms with van der Waals surface area (Å²) in [7, 11) is 1.58. The molecule has 0 saturated carbocycles. The van der Waals surface area contributed by atoms with Crippen molar-refractivity contribution in [1.82, 2.24) is 0 Å². The van der Waals surface area contributed by atoms with Gasteiger partial charge in [-0.05, 0) is 35.9 Å². The predicted octanol–water partition coefficient (Wildman–Crippen LogP) is 4.00. The van der Waals surface area contributed by atoms with Gasteiger partial charge in [-0.15, -0.1) is 11.6 Å². The van der Waals surface area contributed by atoms with Crippen LogP contribution >= 0.6 is 11.6 Å². The molecule has 21 heavy (non-hydrogen) atoms. The molecule has 0 fully saturated rings. The SMILES string of the molecule is COc1ccc(OCc2cccc(F)c2)c(C#CCCl)c1. The summed E-state index contributed by atoms with van der Waals surface area (Å²) >= 11 is 5.58. The van der Waals surface area contributed by atoms with Crippen LogP contribution in [0.25, 0.3) is 0 Å². The molecule has 2 aromatic carbocycles. The van der Waals surface area contributed by atoms with Crippen LogP contribution in [0.4, 0.5) is 4.39 Å². The van der Waals surface area contributed by atoms with Gasteiger partial charge in [0.2, 0.25) is 0 Å². The average molecular weight is 305 g/mol. The number of methoxy groups -OCH3 is 1. The fourth-order valence-electron chi connectivity index (χ4n) is 1.78. The molecule has 0 aliphatic rings. The van der Waals surface area contributed by atoms with Crippen molar-refractivity contribution in [2.45, 2.75) is 6.61 Å². The Balaban J connectivity index is 2.18. The van der Waals surface area contributed by atoms with Crippen LogP contribution in [0.3, 0.4) is 0 Å². The second-order valence-electron chi connectivity index (χ2n) is 4.22. The summed E-state index contributed by atoms with van der Waals surface area (Å²) in [5.41, 5.74) is 1.44. The van der Waals surface area contributed by atoms with E-state index >= 15 is 0 Å². The lowest BCUT2D eigenvalue weighted by atomic mass is 10.2. The number of hydrogen-bond donors (Lipinski definition) is 0. The van der Waals surface area contributed by atoms with Gasteiger partial charge in [0.1, 0.15) is 23.9 Å². The molecule has 0 unspecified atom stereocenters. The first-order chi connectivity index (χ1) is 10.2. The van der Waals surface area contributed by atoms with Crippen molar-refractivity contribution in [3.05, 3.63) is 59.4 Å². The molecule has 0 spiro atoms. The summed E-state index contributed by atoms with van der Waals surface area (Å²) in [6.07, 6.45) is 0. The van der Waals surface area contributed by atoms with E-state index in [-0.39, 0.29) is 18.3 Å². The molecule has 2 rings (SSSR count). The molecular formula is C17H14ClFO2. The summed E-state index contributed by atoms with van der Waals surface area (Å²) in [4.78, 5) is 0. The highest BCUT2D eigenvalue weighted by molar-refractivity contribution is 6.19. The zero-order chi connectivity index (χ0) is 15.1. The van der Waals surface area contributed by atoms with Crippen molar-refractivity contribution < 1.29 is 13.9 Å². The molecule has 0 aromatic heterocycles. The van der Waals surface area contributed by atoms with E-state index < -0.39 is 0 Å². The van der Waals surface area contributed by atoms with E-state index in [1.807, 2.05) is 0 Å². The normalized spacial score (nSPS) is 9.67. The minimum absolute atomic E-state index is 0.237. The highest BCUT2D eigenvalue weighted by atomic mass is 35.5. The van der Waals surface area contributed by atoms with Gasteiger partial charge in [0.25, 0.3) is 0 Å². The van der Waals surface area contributed by atoms with E-state index in [1.54, 1.807) is 37.4 Å². The fraction of sp³-hybridized carbons (Fsp3) is 0.176. The molecule has 4 heteroatoms.